The number of alkyl halides is 3. The Bertz CT molecular complexity index is 1010. The van der Waals surface area contributed by atoms with Gasteiger partial charge in [-0.3, -0.25) is 10.1 Å². The zero-order valence-corrected chi connectivity index (χ0v) is 15.3. The maximum atomic E-state index is 13.7. The van der Waals surface area contributed by atoms with E-state index in [1.807, 2.05) is 0 Å². The highest BCUT2D eigenvalue weighted by Crippen LogP contribution is 2.50. The molecule has 27 heavy (non-hydrogen) atoms. The molecule has 1 heterocycles. The van der Waals surface area contributed by atoms with Crippen LogP contribution in [0.2, 0.25) is 15.1 Å². The Balaban J connectivity index is 2.44. The molecule has 0 atom stereocenters. The van der Waals surface area contributed by atoms with Crippen molar-refractivity contribution in [1.29, 1.82) is 0 Å². The van der Waals surface area contributed by atoms with Crippen molar-refractivity contribution in [3.63, 3.8) is 0 Å². The first kappa shape index (κ1) is 19.5. The first-order valence-electron chi connectivity index (χ1n) is 7.29. The number of rotatable bonds is 3. The lowest BCUT2D eigenvalue weighted by atomic mass is 10.0. The summed E-state index contributed by atoms with van der Waals surface area (Å²) >= 11 is 17.9. The highest BCUT2D eigenvalue weighted by Gasteiger charge is 2.43. The molecular formula is C17H8Cl3F3N2O2. The molecule has 1 aromatic heterocycles. The van der Waals surface area contributed by atoms with Crippen LogP contribution in [0.3, 0.4) is 0 Å². The minimum Gasteiger partial charge on any atom is -0.345 e. The van der Waals surface area contributed by atoms with E-state index in [1.165, 1.54) is 42.5 Å². The zero-order valence-electron chi connectivity index (χ0n) is 13.1. The van der Waals surface area contributed by atoms with Crippen LogP contribution in [0.15, 0.2) is 42.5 Å². The largest absolute Gasteiger partial charge is 0.432 e. The fraction of sp³-hybridized carbons (Fsp3) is 0.0588. The molecule has 0 bridgehead atoms. The topological polar surface area (TPSA) is 58.9 Å². The van der Waals surface area contributed by atoms with Crippen LogP contribution < -0.4 is 0 Å². The molecule has 0 saturated carbocycles. The third-order valence-electron chi connectivity index (χ3n) is 3.79. The predicted octanol–water partition coefficient (Wildman–Crippen LogP) is 7.24. The quantitative estimate of drug-likeness (QED) is 0.348. The molecule has 0 spiro atoms. The molecule has 3 rings (SSSR count). The van der Waals surface area contributed by atoms with Crippen molar-refractivity contribution in [2.75, 3.05) is 0 Å². The first-order chi connectivity index (χ1) is 12.6. The van der Waals surface area contributed by atoms with E-state index in [9.17, 15) is 23.3 Å². The van der Waals surface area contributed by atoms with Crippen LogP contribution in [0.25, 0.3) is 22.4 Å². The molecule has 3 aromatic rings. The van der Waals surface area contributed by atoms with Gasteiger partial charge >= 0.3 is 11.9 Å². The van der Waals surface area contributed by atoms with E-state index >= 15 is 0 Å². The van der Waals surface area contributed by atoms with Crippen LogP contribution in [0.4, 0.5) is 18.9 Å². The van der Waals surface area contributed by atoms with Gasteiger partial charge < -0.3 is 4.98 Å². The lowest BCUT2D eigenvalue weighted by Crippen LogP contribution is -2.08. The number of hydrogen-bond acceptors (Lipinski definition) is 2. The van der Waals surface area contributed by atoms with Gasteiger partial charge in [0.25, 0.3) is 0 Å². The summed E-state index contributed by atoms with van der Waals surface area (Å²) in [5, 5.41) is 11.8. The van der Waals surface area contributed by atoms with Crippen molar-refractivity contribution in [3.05, 3.63) is 73.3 Å². The van der Waals surface area contributed by atoms with Gasteiger partial charge in [-0.1, -0.05) is 53.0 Å². The van der Waals surface area contributed by atoms with Crippen molar-refractivity contribution < 1.29 is 18.1 Å². The molecule has 0 aliphatic rings. The highest BCUT2D eigenvalue weighted by molar-refractivity contribution is 6.39. The Morgan fingerprint density at radius 3 is 1.96 bits per heavy atom. The Morgan fingerprint density at radius 1 is 0.926 bits per heavy atom. The minimum atomic E-state index is -4.91. The fourth-order valence-corrected chi connectivity index (χ4v) is 3.40. The van der Waals surface area contributed by atoms with E-state index in [4.69, 9.17) is 34.8 Å². The van der Waals surface area contributed by atoms with E-state index in [0.29, 0.717) is 5.02 Å². The summed E-state index contributed by atoms with van der Waals surface area (Å²) in [5.74, 6) is 0. The van der Waals surface area contributed by atoms with Gasteiger partial charge in [0.1, 0.15) is 11.4 Å². The monoisotopic (exact) mass is 434 g/mol. The summed E-state index contributed by atoms with van der Waals surface area (Å²) < 4.78 is 41.0. The molecule has 0 aliphatic carbocycles. The molecule has 0 unspecified atom stereocenters. The Morgan fingerprint density at radius 2 is 1.48 bits per heavy atom. The standard InChI is InChI=1S/C17H8Cl3F3N2O2/c18-9-6-4-8(5-7-9)14-15(25(26)27)13(16(24-14)17(21,22)23)12-10(19)2-1-3-11(12)20/h1-7,24H. The van der Waals surface area contributed by atoms with Gasteiger partial charge in [0, 0.05) is 16.1 Å². The maximum absolute atomic E-state index is 13.7. The number of benzene rings is 2. The Hall–Kier alpha value is -2.22. The molecule has 1 N–H and O–H groups in total. The first-order valence-corrected chi connectivity index (χ1v) is 8.42. The van der Waals surface area contributed by atoms with Crippen LogP contribution >= 0.6 is 34.8 Å². The van der Waals surface area contributed by atoms with Crippen molar-refractivity contribution in [1.82, 2.24) is 4.98 Å². The number of nitrogens with one attached hydrogen (secondary N) is 1. The number of aromatic amines is 1. The van der Waals surface area contributed by atoms with Crippen molar-refractivity contribution in [3.8, 4) is 22.4 Å². The molecule has 4 nitrogen and oxygen atoms in total. The van der Waals surface area contributed by atoms with Crippen molar-refractivity contribution in [2.24, 2.45) is 0 Å². The average Bonchev–Trinajstić information content (AvgIpc) is 2.96. The van der Waals surface area contributed by atoms with E-state index < -0.39 is 28.0 Å². The molecule has 2 aromatic carbocycles. The second kappa shape index (κ2) is 7.07. The molecule has 0 aliphatic heterocycles. The van der Waals surface area contributed by atoms with Gasteiger partial charge in [-0.15, -0.1) is 0 Å². The Labute approximate surface area is 165 Å². The predicted molar refractivity (Wildman–Crippen MR) is 98.4 cm³/mol. The van der Waals surface area contributed by atoms with Gasteiger partial charge in [0.05, 0.1) is 20.5 Å². The fourth-order valence-electron chi connectivity index (χ4n) is 2.69. The number of H-pyrrole nitrogens is 1. The molecule has 140 valence electrons. The lowest BCUT2D eigenvalue weighted by molar-refractivity contribution is -0.383. The summed E-state index contributed by atoms with van der Waals surface area (Å²) in [7, 11) is 0. The van der Waals surface area contributed by atoms with Crippen LogP contribution in [-0.4, -0.2) is 9.91 Å². The third-order valence-corrected chi connectivity index (χ3v) is 4.67. The van der Waals surface area contributed by atoms with Gasteiger partial charge in [-0.25, -0.2) is 0 Å². The Kier molecular flexibility index (Phi) is 5.12. The van der Waals surface area contributed by atoms with Crippen LogP contribution in [0, 0.1) is 10.1 Å². The van der Waals surface area contributed by atoms with Gasteiger partial charge in [0.2, 0.25) is 0 Å². The number of nitrogens with zero attached hydrogens (tertiary/aromatic N) is 1. The van der Waals surface area contributed by atoms with E-state index in [2.05, 4.69) is 4.98 Å². The van der Waals surface area contributed by atoms with Crippen LogP contribution in [-0.2, 0) is 6.18 Å². The second-order valence-electron chi connectivity index (χ2n) is 5.46. The molecule has 0 amide bonds. The summed E-state index contributed by atoms with van der Waals surface area (Å²) in [6.45, 7) is 0. The summed E-state index contributed by atoms with van der Waals surface area (Å²) in [5.41, 5.74) is -3.24. The van der Waals surface area contributed by atoms with Crippen LogP contribution in [0.1, 0.15) is 5.69 Å². The van der Waals surface area contributed by atoms with E-state index in [-0.39, 0.29) is 26.9 Å². The molecule has 0 radical (unpaired) electrons. The molecular weight excluding hydrogens is 428 g/mol. The number of aromatic nitrogens is 1. The molecule has 0 saturated heterocycles. The van der Waals surface area contributed by atoms with E-state index in [0.717, 1.165) is 0 Å². The zero-order chi connectivity index (χ0) is 19.9. The maximum Gasteiger partial charge on any atom is 0.432 e. The molecule has 0 fully saturated rings. The smallest absolute Gasteiger partial charge is 0.345 e. The summed E-state index contributed by atoms with van der Waals surface area (Å²) in [6, 6.07) is 9.62. The minimum absolute atomic E-state index is 0.141. The van der Waals surface area contributed by atoms with Gasteiger partial charge in [-0.05, 0) is 24.3 Å². The number of halogens is 6. The number of nitro groups is 1. The molecule has 10 heteroatoms. The SMILES string of the molecule is O=[N+]([O-])c1c(-c2ccc(Cl)cc2)[nH]c(C(F)(F)F)c1-c1c(Cl)cccc1Cl. The lowest BCUT2D eigenvalue weighted by Gasteiger charge is -2.10. The number of hydrogen-bond donors (Lipinski definition) is 1. The average molecular weight is 436 g/mol. The van der Waals surface area contributed by atoms with Gasteiger partial charge in [0.15, 0.2) is 0 Å². The summed E-state index contributed by atoms with van der Waals surface area (Å²) in [4.78, 5) is 13.0. The third kappa shape index (κ3) is 3.63. The van der Waals surface area contributed by atoms with E-state index in [1.54, 1.807) is 0 Å². The second-order valence-corrected chi connectivity index (χ2v) is 6.71. The highest BCUT2D eigenvalue weighted by atomic mass is 35.5. The van der Waals surface area contributed by atoms with Crippen molar-refractivity contribution >= 4 is 40.5 Å². The van der Waals surface area contributed by atoms with Gasteiger partial charge in [-0.2, -0.15) is 13.2 Å². The van der Waals surface area contributed by atoms with Crippen LogP contribution in [0.5, 0.6) is 0 Å². The summed E-state index contributed by atoms with van der Waals surface area (Å²) in [6.07, 6.45) is -4.91. The van der Waals surface area contributed by atoms with Crippen molar-refractivity contribution in [2.45, 2.75) is 6.18 Å². The normalized spacial score (nSPS) is 11.6.